The van der Waals surface area contributed by atoms with Crippen LogP contribution in [0.15, 0.2) is 48.5 Å². The van der Waals surface area contributed by atoms with Crippen molar-refractivity contribution in [2.75, 3.05) is 0 Å². The van der Waals surface area contributed by atoms with Crippen molar-refractivity contribution in [1.29, 1.82) is 0 Å². The van der Waals surface area contributed by atoms with E-state index in [1.165, 1.54) is 6.42 Å². The van der Waals surface area contributed by atoms with E-state index in [0.717, 1.165) is 41.4 Å². The molecule has 2 aliphatic rings. The summed E-state index contributed by atoms with van der Waals surface area (Å²) >= 11 is 0. The Morgan fingerprint density at radius 3 is 2.61 bits per heavy atom. The van der Waals surface area contributed by atoms with Gasteiger partial charge >= 0.3 is 0 Å². The Kier molecular flexibility index (Phi) is 5.47. The molecule has 2 aromatic carbocycles. The maximum absolute atomic E-state index is 13.9. The fourth-order valence-electron chi connectivity index (χ4n) is 5.31. The average molecular weight is 445 g/mol. The van der Waals surface area contributed by atoms with E-state index in [4.69, 9.17) is 0 Å². The van der Waals surface area contributed by atoms with Crippen molar-refractivity contribution in [2.24, 2.45) is 5.92 Å². The first-order valence-electron chi connectivity index (χ1n) is 12.0. The third kappa shape index (κ3) is 3.81. The van der Waals surface area contributed by atoms with E-state index in [9.17, 15) is 9.59 Å². The smallest absolute Gasteiger partial charge is 0.291 e. The molecule has 1 saturated carbocycles. The van der Waals surface area contributed by atoms with Crippen molar-refractivity contribution in [2.45, 2.75) is 71.1 Å². The lowest BCUT2D eigenvalue weighted by atomic mass is 9.85. The SMILES string of the molecule is Cc1ccc(CN2C(=O)c3nc4ccccc4n3C[C@]2(C)C(=O)N[C@@H]2CCCC[C@@H]2C)cc1. The van der Waals surface area contributed by atoms with Crippen LogP contribution in [0.3, 0.4) is 0 Å². The van der Waals surface area contributed by atoms with E-state index >= 15 is 0 Å². The van der Waals surface area contributed by atoms with E-state index in [0.29, 0.717) is 24.8 Å². The largest absolute Gasteiger partial charge is 0.351 e. The van der Waals surface area contributed by atoms with Crippen LogP contribution in [0.1, 0.15) is 61.3 Å². The summed E-state index contributed by atoms with van der Waals surface area (Å²) in [5, 5.41) is 3.33. The molecule has 2 amide bonds. The lowest BCUT2D eigenvalue weighted by Gasteiger charge is -2.44. The maximum atomic E-state index is 13.9. The van der Waals surface area contributed by atoms with Crippen molar-refractivity contribution in [3.8, 4) is 0 Å². The standard InChI is InChI=1S/C27H32N4O2/c1-18-12-14-20(15-13-18)16-31-25(32)24-28-22-10-6-7-11-23(22)30(24)17-27(31,3)26(33)29-21-9-5-4-8-19(21)2/h6-7,10-15,19,21H,4-5,8-9,16-17H2,1-3H3,(H,29,33)/t19-,21+,27+/m0/s1. The molecule has 6 nitrogen and oxygen atoms in total. The predicted molar refractivity (Wildman–Crippen MR) is 129 cm³/mol. The minimum atomic E-state index is -1.02. The second-order valence-electron chi connectivity index (χ2n) is 10.0. The lowest BCUT2D eigenvalue weighted by molar-refractivity contribution is -0.134. The normalized spacial score (nSPS) is 25.2. The van der Waals surface area contributed by atoms with Crippen LogP contribution in [-0.4, -0.2) is 37.8 Å². The number of nitrogens with zero attached hydrogens (tertiary/aromatic N) is 3. The highest BCUT2D eigenvalue weighted by Crippen LogP contribution is 2.33. The summed E-state index contributed by atoms with van der Waals surface area (Å²) in [6.07, 6.45) is 4.47. The van der Waals surface area contributed by atoms with Crippen molar-refractivity contribution in [3.05, 3.63) is 65.5 Å². The molecule has 0 radical (unpaired) electrons. The predicted octanol–water partition coefficient (Wildman–Crippen LogP) is 4.45. The van der Waals surface area contributed by atoms with E-state index in [1.54, 1.807) is 4.90 Å². The first kappa shape index (κ1) is 21.7. The van der Waals surface area contributed by atoms with Gasteiger partial charge in [-0.1, -0.05) is 61.7 Å². The maximum Gasteiger partial charge on any atom is 0.291 e. The number of imidazole rings is 1. The zero-order chi connectivity index (χ0) is 23.2. The number of carbonyl (C=O) groups is 2. The van der Waals surface area contributed by atoms with Gasteiger partial charge in [0.1, 0.15) is 5.54 Å². The van der Waals surface area contributed by atoms with Gasteiger partial charge in [0.15, 0.2) is 5.82 Å². The Labute approximate surface area is 195 Å². The van der Waals surface area contributed by atoms with Gasteiger partial charge in [-0.2, -0.15) is 0 Å². The Hall–Kier alpha value is -3.15. The van der Waals surface area contributed by atoms with Crippen LogP contribution in [0, 0.1) is 12.8 Å². The third-order valence-corrected chi connectivity index (χ3v) is 7.53. The van der Waals surface area contributed by atoms with Gasteiger partial charge in [0, 0.05) is 12.6 Å². The molecule has 33 heavy (non-hydrogen) atoms. The zero-order valence-corrected chi connectivity index (χ0v) is 19.7. The fourth-order valence-corrected chi connectivity index (χ4v) is 5.31. The van der Waals surface area contributed by atoms with Crippen LogP contribution in [-0.2, 0) is 17.9 Å². The number of amides is 2. The Morgan fingerprint density at radius 2 is 1.85 bits per heavy atom. The van der Waals surface area contributed by atoms with Gasteiger partial charge in [0.2, 0.25) is 5.91 Å². The number of aryl methyl sites for hydroxylation is 1. The molecule has 3 aromatic rings. The molecule has 0 unspecified atom stereocenters. The molecule has 172 valence electrons. The molecule has 0 saturated heterocycles. The number of fused-ring (bicyclic) bond motifs is 3. The monoisotopic (exact) mass is 444 g/mol. The van der Waals surface area contributed by atoms with Gasteiger partial charge in [-0.05, 0) is 50.3 Å². The van der Waals surface area contributed by atoms with Crippen LogP contribution >= 0.6 is 0 Å². The molecule has 1 aromatic heterocycles. The van der Waals surface area contributed by atoms with Crippen LogP contribution < -0.4 is 5.32 Å². The summed E-state index contributed by atoms with van der Waals surface area (Å²) in [4.78, 5) is 34.0. The molecule has 6 heteroatoms. The molecular formula is C27H32N4O2. The van der Waals surface area contributed by atoms with Gasteiger partial charge in [0.05, 0.1) is 17.6 Å². The molecule has 0 spiro atoms. The minimum Gasteiger partial charge on any atom is -0.351 e. The van der Waals surface area contributed by atoms with E-state index in [1.807, 2.05) is 66.9 Å². The number of benzene rings is 2. The minimum absolute atomic E-state index is 0.0786. The number of hydrogen-bond acceptors (Lipinski definition) is 3. The van der Waals surface area contributed by atoms with Gasteiger partial charge < -0.3 is 14.8 Å². The Balaban J connectivity index is 1.54. The molecule has 1 fully saturated rings. The molecule has 0 bridgehead atoms. The van der Waals surface area contributed by atoms with E-state index in [-0.39, 0.29) is 17.9 Å². The van der Waals surface area contributed by atoms with Crippen LogP contribution in [0.4, 0.5) is 0 Å². The number of aromatic nitrogens is 2. The van der Waals surface area contributed by atoms with Crippen molar-refractivity contribution < 1.29 is 9.59 Å². The summed E-state index contributed by atoms with van der Waals surface area (Å²) in [6.45, 7) is 6.91. The summed E-state index contributed by atoms with van der Waals surface area (Å²) in [5.41, 5.74) is 2.82. The summed E-state index contributed by atoms with van der Waals surface area (Å²) in [5.74, 6) is 0.568. The van der Waals surface area contributed by atoms with Crippen molar-refractivity contribution in [1.82, 2.24) is 19.8 Å². The molecule has 1 aliphatic heterocycles. The Morgan fingerprint density at radius 1 is 1.12 bits per heavy atom. The summed E-state index contributed by atoms with van der Waals surface area (Å²) in [6, 6.07) is 16.0. The average Bonchev–Trinajstić information content (AvgIpc) is 3.18. The third-order valence-electron chi connectivity index (χ3n) is 7.53. The highest BCUT2D eigenvalue weighted by molar-refractivity contribution is 6.01. The van der Waals surface area contributed by atoms with Gasteiger partial charge in [0.25, 0.3) is 5.91 Å². The van der Waals surface area contributed by atoms with E-state index in [2.05, 4.69) is 17.2 Å². The second kappa shape index (κ2) is 8.32. The molecule has 1 aliphatic carbocycles. The first-order chi connectivity index (χ1) is 15.9. The molecule has 1 N–H and O–H groups in total. The second-order valence-corrected chi connectivity index (χ2v) is 10.0. The number of nitrogens with one attached hydrogen (secondary N) is 1. The molecule has 2 heterocycles. The van der Waals surface area contributed by atoms with Gasteiger partial charge in [-0.15, -0.1) is 0 Å². The lowest BCUT2D eigenvalue weighted by Crippen LogP contribution is -2.65. The van der Waals surface area contributed by atoms with Crippen molar-refractivity contribution >= 4 is 22.8 Å². The number of rotatable bonds is 4. The number of hydrogen-bond donors (Lipinski definition) is 1. The van der Waals surface area contributed by atoms with E-state index < -0.39 is 5.54 Å². The van der Waals surface area contributed by atoms with Gasteiger partial charge in [-0.25, -0.2) is 4.98 Å². The number of para-hydroxylation sites is 2. The Bertz CT molecular complexity index is 1200. The van der Waals surface area contributed by atoms with Crippen molar-refractivity contribution in [3.63, 3.8) is 0 Å². The molecular weight excluding hydrogens is 412 g/mol. The topological polar surface area (TPSA) is 67.2 Å². The van der Waals surface area contributed by atoms with Crippen LogP contribution in [0.5, 0.6) is 0 Å². The quantitative estimate of drug-likeness (QED) is 0.646. The van der Waals surface area contributed by atoms with Crippen LogP contribution in [0.25, 0.3) is 11.0 Å². The number of carbonyl (C=O) groups excluding carboxylic acids is 2. The fraction of sp³-hybridized carbons (Fsp3) is 0.444. The zero-order valence-electron chi connectivity index (χ0n) is 19.7. The molecule has 3 atom stereocenters. The highest BCUT2D eigenvalue weighted by Gasteiger charge is 2.49. The van der Waals surface area contributed by atoms with Gasteiger partial charge in [-0.3, -0.25) is 9.59 Å². The first-order valence-corrected chi connectivity index (χ1v) is 12.0. The van der Waals surface area contributed by atoms with Crippen LogP contribution in [0.2, 0.25) is 0 Å². The highest BCUT2D eigenvalue weighted by atomic mass is 16.2. The molecule has 5 rings (SSSR count). The summed E-state index contributed by atoms with van der Waals surface area (Å²) < 4.78 is 1.92. The summed E-state index contributed by atoms with van der Waals surface area (Å²) in [7, 11) is 0.